The summed E-state index contributed by atoms with van der Waals surface area (Å²) in [6.07, 6.45) is 1.30. The quantitative estimate of drug-likeness (QED) is 0.635. The van der Waals surface area contributed by atoms with Crippen LogP contribution in [0.25, 0.3) is 11.0 Å². The van der Waals surface area contributed by atoms with Crippen LogP contribution in [0, 0.1) is 0 Å². The number of carbonyl (C=O) groups is 1. The summed E-state index contributed by atoms with van der Waals surface area (Å²) in [6, 6.07) is 11.0. The molecule has 0 atom stereocenters. The molecule has 118 valence electrons. The van der Waals surface area contributed by atoms with Gasteiger partial charge in [0.1, 0.15) is 17.1 Å². The van der Waals surface area contributed by atoms with Crippen LogP contribution in [-0.2, 0) is 12.8 Å². The Hall–Kier alpha value is -2.07. The van der Waals surface area contributed by atoms with Gasteiger partial charge in [0, 0.05) is 17.4 Å². The fourth-order valence-electron chi connectivity index (χ4n) is 2.79. The number of phenolic OH excluding ortho intramolecular Hbond substituents is 1. The van der Waals surface area contributed by atoms with E-state index in [9.17, 15) is 9.90 Å². The summed E-state index contributed by atoms with van der Waals surface area (Å²) >= 11 is 3.33. The van der Waals surface area contributed by atoms with Gasteiger partial charge in [-0.15, -0.1) is 0 Å². The number of ketones is 1. The Morgan fingerprint density at radius 3 is 2.61 bits per heavy atom. The van der Waals surface area contributed by atoms with E-state index in [1.165, 1.54) is 0 Å². The molecule has 0 amide bonds. The number of hydrogen-bond acceptors (Lipinski definition) is 3. The predicted octanol–water partition coefficient (Wildman–Crippen LogP) is 5.26. The predicted molar refractivity (Wildman–Crippen MR) is 94.2 cm³/mol. The standard InChI is InChI=1S/C19H17BrO3/c1-3-11-9-12(10-14(20)18(11)21)19(22)17-13-7-5-6-8-16(13)23-15(17)4-2/h5-10,21H,3-4H2,1-2H3. The minimum Gasteiger partial charge on any atom is -0.506 e. The van der Waals surface area contributed by atoms with Crippen LogP contribution in [0.5, 0.6) is 5.75 Å². The Kier molecular flexibility index (Phi) is 4.26. The van der Waals surface area contributed by atoms with Crippen molar-refractivity contribution in [2.24, 2.45) is 0 Å². The maximum Gasteiger partial charge on any atom is 0.197 e. The van der Waals surface area contributed by atoms with Gasteiger partial charge in [-0.25, -0.2) is 0 Å². The molecule has 0 aliphatic heterocycles. The minimum absolute atomic E-state index is 0.0813. The molecular weight excluding hydrogens is 356 g/mol. The third-order valence-electron chi connectivity index (χ3n) is 4.00. The van der Waals surface area contributed by atoms with Gasteiger partial charge in [-0.1, -0.05) is 32.0 Å². The lowest BCUT2D eigenvalue weighted by molar-refractivity contribution is 0.103. The van der Waals surface area contributed by atoms with Crippen LogP contribution in [0.1, 0.15) is 41.1 Å². The van der Waals surface area contributed by atoms with Crippen LogP contribution >= 0.6 is 15.9 Å². The lowest BCUT2D eigenvalue weighted by atomic mass is 9.97. The summed E-state index contributed by atoms with van der Waals surface area (Å²) in [5.74, 6) is 0.803. The second-order valence-corrected chi connectivity index (χ2v) is 6.25. The lowest BCUT2D eigenvalue weighted by Gasteiger charge is -2.08. The summed E-state index contributed by atoms with van der Waals surface area (Å²) in [6.45, 7) is 3.92. The maximum absolute atomic E-state index is 13.1. The Morgan fingerprint density at radius 1 is 1.17 bits per heavy atom. The van der Waals surface area contributed by atoms with Crippen molar-refractivity contribution in [3.8, 4) is 5.75 Å². The molecule has 2 aromatic carbocycles. The molecular formula is C19H17BrO3. The molecule has 0 saturated heterocycles. The van der Waals surface area contributed by atoms with Crippen molar-refractivity contribution in [1.82, 2.24) is 0 Å². The van der Waals surface area contributed by atoms with Gasteiger partial charge in [0.05, 0.1) is 10.0 Å². The zero-order valence-electron chi connectivity index (χ0n) is 13.0. The molecule has 3 nitrogen and oxygen atoms in total. The topological polar surface area (TPSA) is 50.4 Å². The van der Waals surface area contributed by atoms with E-state index < -0.39 is 0 Å². The molecule has 0 bridgehead atoms. The average Bonchev–Trinajstić information content (AvgIpc) is 2.95. The van der Waals surface area contributed by atoms with Crippen LogP contribution in [0.4, 0.5) is 0 Å². The van der Waals surface area contributed by atoms with E-state index in [0.717, 1.165) is 16.5 Å². The van der Waals surface area contributed by atoms with Gasteiger partial charge in [-0.2, -0.15) is 0 Å². The Morgan fingerprint density at radius 2 is 1.91 bits per heavy atom. The number of rotatable bonds is 4. The number of phenols is 1. The van der Waals surface area contributed by atoms with Gasteiger partial charge in [-0.05, 0) is 46.1 Å². The monoisotopic (exact) mass is 372 g/mol. The minimum atomic E-state index is -0.0813. The molecule has 0 fully saturated rings. The van der Waals surface area contributed by atoms with Crippen LogP contribution in [-0.4, -0.2) is 10.9 Å². The number of para-hydroxylation sites is 1. The number of halogens is 1. The highest BCUT2D eigenvalue weighted by atomic mass is 79.9. The molecule has 4 heteroatoms. The Labute approximate surface area is 143 Å². The molecule has 0 spiro atoms. The van der Waals surface area contributed by atoms with E-state index in [2.05, 4.69) is 15.9 Å². The summed E-state index contributed by atoms with van der Waals surface area (Å²) in [4.78, 5) is 13.1. The zero-order valence-corrected chi connectivity index (χ0v) is 14.6. The van der Waals surface area contributed by atoms with Crippen molar-refractivity contribution in [2.75, 3.05) is 0 Å². The number of carbonyl (C=O) groups excluding carboxylic acids is 1. The van der Waals surface area contributed by atoms with Crippen molar-refractivity contribution < 1.29 is 14.3 Å². The summed E-state index contributed by atoms with van der Waals surface area (Å²) < 4.78 is 6.35. The van der Waals surface area contributed by atoms with Crippen LogP contribution in [0.2, 0.25) is 0 Å². The normalized spacial score (nSPS) is 11.1. The van der Waals surface area contributed by atoms with Crippen molar-refractivity contribution >= 4 is 32.7 Å². The first kappa shape index (κ1) is 15.8. The van der Waals surface area contributed by atoms with E-state index in [1.54, 1.807) is 12.1 Å². The van der Waals surface area contributed by atoms with E-state index in [4.69, 9.17) is 4.42 Å². The number of aromatic hydroxyl groups is 1. The maximum atomic E-state index is 13.1. The molecule has 0 aliphatic carbocycles. The molecule has 0 saturated carbocycles. The second kappa shape index (κ2) is 6.20. The Bertz CT molecular complexity index is 893. The third-order valence-corrected chi connectivity index (χ3v) is 4.61. The van der Waals surface area contributed by atoms with Gasteiger partial charge >= 0.3 is 0 Å². The molecule has 1 aromatic heterocycles. The third kappa shape index (κ3) is 2.68. The molecule has 3 aromatic rings. The highest BCUT2D eigenvalue weighted by Crippen LogP contribution is 2.33. The SMILES string of the molecule is CCc1cc(C(=O)c2c(CC)oc3ccccc23)cc(Br)c1O. The van der Waals surface area contributed by atoms with E-state index in [-0.39, 0.29) is 11.5 Å². The number of hydrogen-bond donors (Lipinski definition) is 1. The van der Waals surface area contributed by atoms with Crippen molar-refractivity contribution in [2.45, 2.75) is 26.7 Å². The molecule has 0 unspecified atom stereocenters. The largest absolute Gasteiger partial charge is 0.506 e. The van der Waals surface area contributed by atoms with Gasteiger partial charge < -0.3 is 9.52 Å². The van der Waals surface area contributed by atoms with Crippen molar-refractivity contribution in [1.29, 1.82) is 0 Å². The highest BCUT2D eigenvalue weighted by molar-refractivity contribution is 9.10. The fourth-order valence-corrected chi connectivity index (χ4v) is 3.30. The second-order valence-electron chi connectivity index (χ2n) is 5.40. The van der Waals surface area contributed by atoms with Crippen molar-refractivity contribution in [3.63, 3.8) is 0 Å². The molecule has 1 N–H and O–H groups in total. The van der Waals surface area contributed by atoms with Crippen LogP contribution in [0.3, 0.4) is 0 Å². The Balaban J connectivity index is 2.20. The smallest absolute Gasteiger partial charge is 0.197 e. The molecule has 3 rings (SSSR count). The summed E-state index contributed by atoms with van der Waals surface area (Å²) in [5.41, 5.74) is 2.63. The lowest BCUT2D eigenvalue weighted by Crippen LogP contribution is -2.04. The van der Waals surface area contributed by atoms with Crippen LogP contribution in [0.15, 0.2) is 45.3 Å². The van der Waals surface area contributed by atoms with Crippen molar-refractivity contribution in [3.05, 3.63) is 63.3 Å². The van der Waals surface area contributed by atoms with Gasteiger partial charge in [0.25, 0.3) is 0 Å². The number of aryl methyl sites for hydroxylation is 2. The summed E-state index contributed by atoms with van der Waals surface area (Å²) in [5, 5.41) is 10.9. The first-order valence-electron chi connectivity index (χ1n) is 7.63. The number of benzene rings is 2. The molecule has 0 aliphatic rings. The molecule has 1 heterocycles. The molecule has 0 radical (unpaired) electrons. The zero-order chi connectivity index (χ0) is 16.6. The summed E-state index contributed by atoms with van der Waals surface area (Å²) in [7, 11) is 0. The number of fused-ring (bicyclic) bond motifs is 1. The first-order chi connectivity index (χ1) is 11.1. The van der Waals surface area contributed by atoms with Gasteiger partial charge in [0.2, 0.25) is 0 Å². The fraction of sp³-hybridized carbons (Fsp3) is 0.211. The van der Waals surface area contributed by atoms with Gasteiger partial charge in [0.15, 0.2) is 5.78 Å². The van der Waals surface area contributed by atoms with Crippen LogP contribution < -0.4 is 0 Å². The number of furan rings is 1. The molecule has 23 heavy (non-hydrogen) atoms. The first-order valence-corrected chi connectivity index (χ1v) is 8.42. The van der Waals surface area contributed by atoms with E-state index in [1.807, 2.05) is 38.1 Å². The van der Waals surface area contributed by atoms with E-state index in [0.29, 0.717) is 34.2 Å². The van der Waals surface area contributed by atoms with E-state index >= 15 is 0 Å². The van der Waals surface area contributed by atoms with Gasteiger partial charge in [-0.3, -0.25) is 4.79 Å². The average molecular weight is 373 g/mol. The highest BCUT2D eigenvalue weighted by Gasteiger charge is 2.22.